The van der Waals surface area contributed by atoms with Crippen LogP contribution in [0.4, 0.5) is 0 Å². The van der Waals surface area contributed by atoms with Gasteiger partial charge in [-0.2, -0.15) is 0 Å². The van der Waals surface area contributed by atoms with Crippen LogP contribution in [0.5, 0.6) is 5.75 Å². The molecule has 0 amide bonds. The molecular formula is C20H21NO2. The van der Waals surface area contributed by atoms with Crippen molar-refractivity contribution in [2.45, 2.75) is 32.6 Å². The highest BCUT2D eigenvalue weighted by Crippen LogP contribution is 2.54. The number of hydrogen-bond acceptors (Lipinski definition) is 3. The van der Waals surface area contributed by atoms with Gasteiger partial charge in [-0.15, -0.1) is 0 Å². The Kier molecular flexibility index (Phi) is 2.72. The van der Waals surface area contributed by atoms with Crippen molar-refractivity contribution in [2.24, 2.45) is 5.41 Å². The fraction of sp³-hybridized carbons (Fsp3) is 0.350. The first-order valence-electron chi connectivity index (χ1n) is 8.02. The number of methoxy groups -OCH3 is 1. The summed E-state index contributed by atoms with van der Waals surface area (Å²) in [6.45, 7) is 6.53. The van der Waals surface area contributed by atoms with Crippen molar-refractivity contribution in [1.29, 1.82) is 0 Å². The second-order valence-electron chi connectivity index (χ2n) is 7.29. The molecule has 0 radical (unpaired) electrons. The molecule has 0 saturated heterocycles. The minimum absolute atomic E-state index is 0.127. The van der Waals surface area contributed by atoms with Gasteiger partial charge in [-0.1, -0.05) is 32.1 Å². The molecular weight excluding hydrogens is 286 g/mol. The van der Waals surface area contributed by atoms with Gasteiger partial charge in [-0.3, -0.25) is 4.79 Å². The Morgan fingerprint density at radius 2 is 2.00 bits per heavy atom. The van der Waals surface area contributed by atoms with Gasteiger partial charge in [-0.25, -0.2) is 0 Å². The van der Waals surface area contributed by atoms with Gasteiger partial charge >= 0.3 is 0 Å². The maximum atomic E-state index is 13.3. The maximum absolute atomic E-state index is 13.3. The highest BCUT2D eigenvalue weighted by Gasteiger charge is 2.52. The number of allylic oxidation sites excluding steroid dienone is 5. The average molecular weight is 307 g/mol. The van der Waals surface area contributed by atoms with Crippen molar-refractivity contribution < 1.29 is 9.53 Å². The topological polar surface area (TPSA) is 38.3 Å². The lowest BCUT2D eigenvalue weighted by molar-refractivity contribution is 0.100. The molecule has 0 aromatic heterocycles. The molecule has 1 aliphatic heterocycles. The van der Waals surface area contributed by atoms with E-state index in [-0.39, 0.29) is 16.6 Å². The first-order chi connectivity index (χ1) is 10.9. The third-order valence-corrected chi connectivity index (χ3v) is 5.58. The predicted octanol–water partition coefficient (Wildman–Crippen LogP) is 3.88. The van der Waals surface area contributed by atoms with Crippen LogP contribution in [0.3, 0.4) is 0 Å². The van der Waals surface area contributed by atoms with Crippen molar-refractivity contribution in [2.75, 3.05) is 7.11 Å². The minimum Gasteiger partial charge on any atom is -0.497 e. The number of fused-ring (bicyclic) bond motifs is 3. The van der Waals surface area contributed by atoms with E-state index in [4.69, 9.17) is 4.74 Å². The highest BCUT2D eigenvalue weighted by atomic mass is 16.5. The van der Waals surface area contributed by atoms with E-state index < -0.39 is 0 Å². The molecule has 1 heterocycles. The number of nitrogens with one attached hydrogen (secondary N) is 1. The Morgan fingerprint density at radius 1 is 1.22 bits per heavy atom. The fourth-order valence-corrected chi connectivity index (χ4v) is 4.14. The smallest absolute Gasteiger partial charge is 0.192 e. The van der Waals surface area contributed by atoms with Gasteiger partial charge in [0.2, 0.25) is 0 Å². The van der Waals surface area contributed by atoms with E-state index in [1.165, 1.54) is 0 Å². The molecule has 0 fully saturated rings. The van der Waals surface area contributed by atoms with Gasteiger partial charge in [0.1, 0.15) is 5.75 Å². The second-order valence-corrected chi connectivity index (χ2v) is 7.29. The van der Waals surface area contributed by atoms with Crippen LogP contribution < -0.4 is 10.1 Å². The number of rotatable bonds is 1. The maximum Gasteiger partial charge on any atom is 0.192 e. The number of benzene rings is 1. The first kappa shape index (κ1) is 14.3. The van der Waals surface area contributed by atoms with Crippen LogP contribution in [-0.2, 0) is 5.41 Å². The van der Waals surface area contributed by atoms with Gasteiger partial charge in [-0.05, 0) is 37.1 Å². The third kappa shape index (κ3) is 1.68. The number of hydrogen-bond donors (Lipinski definition) is 1. The summed E-state index contributed by atoms with van der Waals surface area (Å²) in [4.78, 5) is 13.3. The lowest BCUT2D eigenvalue weighted by atomic mass is 9.65. The molecule has 2 aliphatic carbocycles. The Balaban J connectivity index is 1.97. The molecule has 23 heavy (non-hydrogen) atoms. The van der Waals surface area contributed by atoms with Crippen LogP contribution in [0.2, 0.25) is 0 Å². The molecule has 3 nitrogen and oxygen atoms in total. The van der Waals surface area contributed by atoms with Gasteiger partial charge < -0.3 is 10.1 Å². The molecule has 1 aromatic rings. The van der Waals surface area contributed by atoms with E-state index >= 15 is 0 Å². The summed E-state index contributed by atoms with van der Waals surface area (Å²) in [5, 5.41) is 3.56. The number of carbonyl (C=O) groups is 1. The third-order valence-electron chi connectivity index (χ3n) is 5.58. The van der Waals surface area contributed by atoms with Gasteiger partial charge in [0, 0.05) is 33.4 Å². The Labute approximate surface area is 136 Å². The number of ketones is 1. The first-order valence-corrected chi connectivity index (χ1v) is 8.02. The summed E-state index contributed by atoms with van der Waals surface area (Å²) in [7, 11) is 1.63. The molecule has 0 spiro atoms. The zero-order chi connectivity index (χ0) is 16.4. The molecule has 118 valence electrons. The summed E-state index contributed by atoms with van der Waals surface area (Å²) in [6.07, 6.45) is 7.15. The van der Waals surface area contributed by atoms with E-state index in [0.717, 1.165) is 40.3 Å². The lowest BCUT2D eigenvalue weighted by Gasteiger charge is -2.35. The van der Waals surface area contributed by atoms with Crippen molar-refractivity contribution in [1.82, 2.24) is 5.32 Å². The van der Waals surface area contributed by atoms with Crippen LogP contribution in [0.25, 0.3) is 0 Å². The largest absolute Gasteiger partial charge is 0.497 e. The van der Waals surface area contributed by atoms with Crippen molar-refractivity contribution >= 4 is 5.78 Å². The number of carbonyl (C=O) groups excluding carboxylic acids is 1. The summed E-state index contributed by atoms with van der Waals surface area (Å²) in [6, 6.07) is 5.84. The van der Waals surface area contributed by atoms with Crippen LogP contribution in [0.1, 0.15) is 43.1 Å². The standard InChI is InChI=1S/C20H21NO2/c1-19(2)14-9-8-12(23-4)11-13(14)17(22)16-18(19)21-15-7-5-6-10-20(15,16)3/h5-9,11,21H,10H2,1-4H3. The summed E-state index contributed by atoms with van der Waals surface area (Å²) >= 11 is 0. The summed E-state index contributed by atoms with van der Waals surface area (Å²) in [5.74, 6) is 0.856. The second kappa shape index (κ2) is 4.38. The van der Waals surface area contributed by atoms with Crippen LogP contribution in [-0.4, -0.2) is 12.9 Å². The summed E-state index contributed by atoms with van der Waals surface area (Å²) < 4.78 is 5.33. The predicted molar refractivity (Wildman–Crippen MR) is 90.5 cm³/mol. The van der Waals surface area contributed by atoms with E-state index in [2.05, 4.69) is 44.3 Å². The van der Waals surface area contributed by atoms with Crippen molar-refractivity contribution in [3.8, 4) is 5.75 Å². The lowest BCUT2D eigenvalue weighted by Crippen LogP contribution is -2.35. The van der Waals surface area contributed by atoms with Gasteiger partial charge in [0.25, 0.3) is 0 Å². The van der Waals surface area contributed by atoms with E-state index in [9.17, 15) is 4.79 Å². The van der Waals surface area contributed by atoms with Crippen LogP contribution >= 0.6 is 0 Å². The molecule has 1 atom stereocenters. The Hall–Kier alpha value is -2.29. The number of Topliss-reactive ketones (excluding diaryl/α,β-unsaturated/α-hetero) is 1. The molecule has 1 aromatic carbocycles. The molecule has 0 saturated carbocycles. The highest BCUT2D eigenvalue weighted by molar-refractivity contribution is 6.14. The van der Waals surface area contributed by atoms with Crippen LogP contribution in [0, 0.1) is 5.41 Å². The molecule has 3 heteroatoms. The molecule has 4 rings (SSSR count). The summed E-state index contributed by atoms with van der Waals surface area (Å²) in [5.41, 5.74) is 4.45. The SMILES string of the molecule is COc1ccc2c(c1)C(=O)C1=C(NC3=CC=CCC31C)C2(C)C. The van der Waals surface area contributed by atoms with Gasteiger partial charge in [0.05, 0.1) is 7.11 Å². The Morgan fingerprint density at radius 3 is 2.74 bits per heavy atom. The zero-order valence-electron chi connectivity index (χ0n) is 14.0. The number of ether oxygens (including phenoxy) is 1. The normalized spacial score (nSPS) is 27.0. The van der Waals surface area contributed by atoms with Gasteiger partial charge in [0.15, 0.2) is 5.78 Å². The quantitative estimate of drug-likeness (QED) is 0.856. The minimum atomic E-state index is -0.251. The molecule has 1 unspecified atom stereocenters. The van der Waals surface area contributed by atoms with E-state index in [1.807, 2.05) is 18.2 Å². The fourth-order valence-electron chi connectivity index (χ4n) is 4.14. The Bertz CT molecular complexity index is 826. The molecule has 1 N–H and O–H groups in total. The zero-order valence-corrected chi connectivity index (χ0v) is 14.0. The van der Waals surface area contributed by atoms with Crippen LogP contribution in [0.15, 0.2) is 53.4 Å². The van der Waals surface area contributed by atoms with E-state index in [1.54, 1.807) is 7.11 Å². The average Bonchev–Trinajstić information content (AvgIpc) is 2.86. The van der Waals surface area contributed by atoms with Crippen molar-refractivity contribution in [3.63, 3.8) is 0 Å². The van der Waals surface area contributed by atoms with Crippen molar-refractivity contribution in [3.05, 3.63) is 64.5 Å². The molecule has 3 aliphatic rings. The van der Waals surface area contributed by atoms with E-state index in [0.29, 0.717) is 0 Å². The monoisotopic (exact) mass is 307 g/mol. The molecule has 0 bridgehead atoms.